The predicted molar refractivity (Wildman–Crippen MR) is 93.1 cm³/mol. The van der Waals surface area contributed by atoms with Crippen molar-refractivity contribution in [2.24, 2.45) is 0 Å². The van der Waals surface area contributed by atoms with E-state index in [2.05, 4.69) is 4.98 Å². The first-order valence-electron chi connectivity index (χ1n) is 8.15. The summed E-state index contributed by atoms with van der Waals surface area (Å²) in [6, 6.07) is 13.9. The number of methoxy groups -OCH3 is 1. The molecule has 25 heavy (non-hydrogen) atoms. The number of carbonyl (C=O) groups is 1. The Kier molecular flexibility index (Phi) is 3.84. The van der Waals surface area contributed by atoms with Gasteiger partial charge in [0.05, 0.1) is 12.6 Å². The van der Waals surface area contributed by atoms with Crippen LogP contribution in [0.2, 0.25) is 0 Å². The van der Waals surface area contributed by atoms with E-state index in [9.17, 15) is 9.18 Å². The van der Waals surface area contributed by atoms with Gasteiger partial charge in [0.2, 0.25) is 0 Å². The lowest BCUT2D eigenvalue weighted by Gasteiger charge is -2.28. The second-order valence-corrected chi connectivity index (χ2v) is 6.14. The van der Waals surface area contributed by atoms with E-state index in [1.54, 1.807) is 24.1 Å². The predicted octanol–water partition coefficient (Wildman–Crippen LogP) is 3.58. The molecule has 0 radical (unpaired) electrons. The average Bonchev–Trinajstić information content (AvgIpc) is 2.65. The number of rotatable bonds is 2. The Hall–Kier alpha value is -2.95. The van der Waals surface area contributed by atoms with E-state index >= 15 is 0 Å². The van der Waals surface area contributed by atoms with Gasteiger partial charge in [0.15, 0.2) is 0 Å². The Morgan fingerprint density at radius 3 is 2.84 bits per heavy atom. The van der Waals surface area contributed by atoms with Crippen LogP contribution in [0.3, 0.4) is 0 Å². The molecule has 126 valence electrons. The van der Waals surface area contributed by atoms with Crippen LogP contribution in [-0.4, -0.2) is 29.4 Å². The normalized spacial score (nSPS) is 13.6. The van der Waals surface area contributed by atoms with E-state index in [1.807, 2.05) is 24.3 Å². The van der Waals surface area contributed by atoms with Gasteiger partial charge in [-0.15, -0.1) is 0 Å². The monoisotopic (exact) mass is 336 g/mol. The van der Waals surface area contributed by atoms with Gasteiger partial charge in [-0.05, 0) is 53.9 Å². The second-order valence-electron chi connectivity index (χ2n) is 6.14. The molecule has 5 heteroatoms. The first-order valence-corrected chi connectivity index (χ1v) is 8.15. The Morgan fingerprint density at radius 1 is 1.12 bits per heavy atom. The fourth-order valence-electron chi connectivity index (χ4n) is 3.21. The first-order chi connectivity index (χ1) is 12.1. The fraction of sp³-hybridized carbons (Fsp3) is 0.200. The Balaban J connectivity index is 1.61. The van der Waals surface area contributed by atoms with Gasteiger partial charge >= 0.3 is 0 Å². The minimum absolute atomic E-state index is 0.132. The van der Waals surface area contributed by atoms with Gasteiger partial charge in [0.1, 0.15) is 17.3 Å². The zero-order chi connectivity index (χ0) is 17.4. The van der Waals surface area contributed by atoms with Gasteiger partial charge in [-0.3, -0.25) is 4.79 Å². The highest BCUT2D eigenvalue weighted by Gasteiger charge is 2.23. The van der Waals surface area contributed by atoms with E-state index < -0.39 is 0 Å². The third-order valence-corrected chi connectivity index (χ3v) is 4.58. The quantitative estimate of drug-likeness (QED) is 0.718. The lowest BCUT2D eigenvalue weighted by atomic mass is 9.99. The summed E-state index contributed by atoms with van der Waals surface area (Å²) in [5, 5.41) is 0.918. The smallest absolute Gasteiger partial charge is 0.272 e. The number of benzene rings is 2. The van der Waals surface area contributed by atoms with Gasteiger partial charge in [0.25, 0.3) is 5.91 Å². The summed E-state index contributed by atoms with van der Waals surface area (Å²) >= 11 is 0. The van der Waals surface area contributed by atoms with Crippen molar-refractivity contribution in [3.8, 4) is 5.75 Å². The van der Waals surface area contributed by atoms with Crippen molar-refractivity contribution >= 4 is 16.8 Å². The molecule has 0 aliphatic carbocycles. The number of nitrogens with zero attached hydrogens (tertiary/aromatic N) is 2. The maximum Gasteiger partial charge on any atom is 0.272 e. The van der Waals surface area contributed by atoms with Gasteiger partial charge < -0.3 is 9.64 Å². The number of halogens is 1. The van der Waals surface area contributed by atoms with Crippen LogP contribution in [-0.2, 0) is 13.0 Å². The first kappa shape index (κ1) is 15.6. The molecule has 1 amide bonds. The third-order valence-electron chi connectivity index (χ3n) is 4.58. The van der Waals surface area contributed by atoms with Gasteiger partial charge in [-0.2, -0.15) is 0 Å². The van der Waals surface area contributed by atoms with Gasteiger partial charge in [0, 0.05) is 18.5 Å². The molecule has 0 spiro atoms. The van der Waals surface area contributed by atoms with Crippen LogP contribution in [0, 0.1) is 5.82 Å². The molecule has 1 aliphatic rings. The molecule has 0 saturated heterocycles. The molecule has 4 nitrogen and oxygen atoms in total. The molecule has 3 aromatic rings. The van der Waals surface area contributed by atoms with Crippen molar-refractivity contribution in [1.82, 2.24) is 9.88 Å². The summed E-state index contributed by atoms with van der Waals surface area (Å²) in [6.45, 7) is 1.02. The standard InChI is InChI=1S/C20H17FN2O2/c1-25-17-5-7-18-14(11-17)3-6-19(22-18)20(24)23-9-8-13-2-4-16(21)10-15(13)12-23/h2-7,10-11H,8-9,12H2,1H3. The maximum atomic E-state index is 13.5. The highest BCUT2D eigenvalue weighted by molar-refractivity contribution is 5.95. The number of amides is 1. The molecule has 4 rings (SSSR count). The highest BCUT2D eigenvalue weighted by atomic mass is 19.1. The lowest BCUT2D eigenvalue weighted by molar-refractivity contribution is 0.0729. The van der Waals surface area contributed by atoms with E-state index in [0.29, 0.717) is 18.8 Å². The van der Waals surface area contributed by atoms with Crippen LogP contribution in [0.15, 0.2) is 48.5 Å². The maximum absolute atomic E-state index is 13.5. The molecule has 0 atom stereocenters. The van der Waals surface area contributed by atoms with E-state index in [1.165, 1.54) is 12.1 Å². The fourth-order valence-corrected chi connectivity index (χ4v) is 3.21. The molecule has 1 aliphatic heterocycles. The topological polar surface area (TPSA) is 42.4 Å². The van der Waals surface area contributed by atoms with Crippen molar-refractivity contribution in [2.75, 3.05) is 13.7 Å². The van der Waals surface area contributed by atoms with Crippen molar-refractivity contribution in [3.05, 3.63) is 71.2 Å². The lowest BCUT2D eigenvalue weighted by Crippen LogP contribution is -2.36. The molecule has 0 saturated carbocycles. The van der Waals surface area contributed by atoms with Gasteiger partial charge in [-0.25, -0.2) is 9.37 Å². The largest absolute Gasteiger partial charge is 0.497 e. The molecule has 0 bridgehead atoms. The number of ether oxygens (including phenoxy) is 1. The Morgan fingerprint density at radius 2 is 2.00 bits per heavy atom. The van der Waals surface area contributed by atoms with Crippen LogP contribution >= 0.6 is 0 Å². The molecule has 1 aromatic heterocycles. The Labute approximate surface area is 144 Å². The van der Waals surface area contributed by atoms with E-state index in [-0.39, 0.29) is 11.7 Å². The van der Waals surface area contributed by atoms with Crippen LogP contribution in [0.5, 0.6) is 5.75 Å². The van der Waals surface area contributed by atoms with E-state index in [4.69, 9.17) is 4.74 Å². The molecule has 0 fully saturated rings. The third kappa shape index (κ3) is 2.93. The minimum Gasteiger partial charge on any atom is -0.497 e. The van der Waals surface area contributed by atoms with Gasteiger partial charge in [-0.1, -0.05) is 12.1 Å². The molecular formula is C20H17FN2O2. The average molecular weight is 336 g/mol. The summed E-state index contributed by atoms with van der Waals surface area (Å²) in [5.41, 5.74) is 3.11. The van der Waals surface area contributed by atoms with Crippen LogP contribution in [0.1, 0.15) is 21.6 Å². The van der Waals surface area contributed by atoms with E-state index in [0.717, 1.165) is 34.2 Å². The molecular weight excluding hydrogens is 319 g/mol. The van der Waals surface area contributed by atoms with Crippen molar-refractivity contribution in [1.29, 1.82) is 0 Å². The zero-order valence-corrected chi connectivity index (χ0v) is 13.8. The van der Waals surface area contributed by atoms with Crippen molar-refractivity contribution in [3.63, 3.8) is 0 Å². The number of pyridine rings is 1. The van der Waals surface area contributed by atoms with Crippen molar-refractivity contribution < 1.29 is 13.9 Å². The second kappa shape index (κ2) is 6.16. The molecule has 0 unspecified atom stereocenters. The molecule has 2 aromatic carbocycles. The summed E-state index contributed by atoms with van der Waals surface area (Å²) in [5.74, 6) is 0.349. The summed E-state index contributed by atoms with van der Waals surface area (Å²) in [6.07, 6.45) is 0.728. The Bertz CT molecular complexity index is 971. The number of aromatic nitrogens is 1. The number of carbonyl (C=O) groups excluding carboxylic acids is 1. The van der Waals surface area contributed by atoms with Crippen molar-refractivity contribution in [2.45, 2.75) is 13.0 Å². The minimum atomic E-state index is -0.272. The zero-order valence-electron chi connectivity index (χ0n) is 13.8. The van der Waals surface area contributed by atoms with Crippen LogP contribution < -0.4 is 4.74 Å². The number of hydrogen-bond acceptors (Lipinski definition) is 3. The summed E-state index contributed by atoms with van der Waals surface area (Å²) < 4.78 is 18.7. The SMILES string of the molecule is COc1ccc2nc(C(=O)N3CCc4ccc(F)cc4C3)ccc2c1. The summed E-state index contributed by atoms with van der Waals surface area (Å²) in [4.78, 5) is 19.0. The summed E-state index contributed by atoms with van der Waals surface area (Å²) in [7, 11) is 1.61. The van der Waals surface area contributed by atoms with Crippen LogP contribution in [0.4, 0.5) is 4.39 Å². The van der Waals surface area contributed by atoms with Crippen LogP contribution in [0.25, 0.3) is 10.9 Å². The molecule has 2 heterocycles. The molecule has 0 N–H and O–H groups in total. The number of hydrogen-bond donors (Lipinski definition) is 0. The highest BCUT2D eigenvalue weighted by Crippen LogP contribution is 2.23. The number of fused-ring (bicyclic) bond motifs is 2.